The van der Waals surface area contributed by atoms with Gasteiger partial charge in [-0.05, 0) is 37.5 Å². The summed E-state index contributed by atoms with van der Waals surface area (Å²) in [6, 6.07) is 5.05. The zero-order chi connectivity index (χ0) is 14.5. The first-order valence-corrected chi connectivity index (χ1v) is 7.35. The number of amides is 1. The molecule has 0 saturated carbocycles. The molecule has 1 unspecified atom stereocenters. The van der Waals surface area contributed by atoms with Crippen LogP contribution in [-0.4, -0.2) is 23.6 Å². The highest BCUT2D eigenvalue weighted by Crippen LogP contribution is 2.22. The van der Waals surface area contributed by atoms with Crippen LogP contribution in [0.4, 0.5) is 5.69 Å². The summed E-state index contributed by atoms with van der Waals surface area (Å²) in [6.07, 6.45) is 3.45. The highest BCUT2D eigenvalue weighted by molar-refractivity contribution is 7.80. The van der Waals surface area contributed by atoms with Gasteiger partial charge in [-0.1, -0.05) is 23.8 Å². The second kappa shape index (κ2) is 7.02. The van der Waals surface area contributed by atoms with Crippen molar-refractivity contribution in [1.29, 1.82) is 0 Å². The maximum Gasteiger partial charge on any atom is 0.224 e. The van der Waals surface area contributed by atoms with Gasteiger partial charge in [0.2, 0.25) is 5.91 Å². The van der Waals surface area contributed by atoms with E-state index in [1.165, 1.54) is 0 Å². The molecule has 1 amide bonds. The second-order valence-electron chi connectivity index (χ2n) is 4.78. The van der Waals surface area contributed by atoms with E-state index >= 15 is 0 Å². The fourth-order valence-corrected chi connectivity index (χ4v) is 2.56. The van der Waals surface area contributed by atoms with E-state index < -0.39 is 0 Å². The second-order valence-corrected chi connectivity index (χ2v) is 5.65. The van der Waals surface area contributed by atoms with Crippen molar-refractivity contribution in [2.45, 2.75) is 31.8 Å². The number of anilines is 1. The van der Waals surface area contributed by atoms with Crippen molar-refractivity contribution in [1.82, 2.24) is 0 Å². The van der Waals surface area contributed by atoms with Crippen LogP contribution >= 0.6 is 23.8 Å². The maximum atomic E-state index is 12.0. The van der Waals surface area contributed by atoms with Crippen molar-refractivity contribution in [3.63, 3.8) is 0 Å². The molecule has 1 aromatic rings. The molecule has 1 aliphatic heterocycles. The zero-order valence-electron chi connectivity index (χ0n) is 11.0. The Morgan fingerprint density at radius 2 is 2.35 bits per heavy atom. The summed E-state index contributed by atoms with van der Waals surface area (Å²) in [4.78, 5) is 12.2. The number of benzene rings is 1. The minimum absolute atomic E-state index is 0.0831. The van der Waals surface area contributed by atoms with Crippen molar-refractivity contribution < 1.29 is 9.53 Å². The van der Waals surface area contributed by atoms with Gasteiger partial charge in [0.05, 0.1) is 11.8 Å². The Morgan fingerprint density at radius 1 is 1.55 bits per heavy atom. The molecule has 1 aliphatic rings. The Bertz CT molecular complexity index is 516. The third-order valence-electron chi connectivity index (χ3n) is 3.24. The third kappa shape index (κ3) is 4.16. The average Bonchev–Trinajstić information content (AvgIpc) is 2.89. The lowest BCUT2D eigenvalue weighted by molar-refractivity contribution is -0.116. The predicted molar refractivity (Wildman–Crippen MR) is 84.2 cm³/mol. The highest BCUT2D eigenvalue weighted by Gasteiger charge is 2.17. The Morgan fingerprint density at radius 3 is 3.00 bits per heavy atom. The van der Waals surface area contributed by atoms with Crippen LogP contribution in [0.25, 0.3) is 0 Å². The lowest BCUT2D eigenvalue weighted by atomic mass is 10.1. The number of nitrogens with one attached hydrogen (secondary N) is 1. The van der Waals surface area contributed by atoms with E-state index in [9.17, 15) is 4.79 Å². The zero-order valence-corrected chi connectivity index (χ0v) is 12.6. The number of rotatable bonds is 5. The largest absolute Gasteiger partial charge is 0.389 e. The monoisotopic (exact) mass is 312 g/mol. The normalized spacial score (nSPS) is 17.9. The van der Waals surface area contributed by atoms with Crippen molar-refractivity contribution in [3.05, 3.63) is 28.8 Å². The number of hydrogen-bond donors (Lipinski definition) is 2. The first kappa shape index (κ1) is 15.2. The molecule has 20 heavy (non-hydrogen) atoms. The van der Waals surface area contributed by atoms with Crippen molar-refractivity contribution in [3.8, 4) is 0 Å². The maximum absolute atomic E-state index is 12.0. The molecule has 0 aromatic heterocycles. The number of nitrogens with two attached hydrogens (primary N) is 1. The van der Waals surface area contributed by atoms with Gasteiger partial charge >= 0.3 is 0 Å². The van der Waals surface area contributed by atoms with Crippen LogP contribution < -0.4 is 11.1 Å². The summed E-state index contributed by atoms with van der Waals surface area (Å²) in [7, 11) is 0. The van der Waals surface area contributed by atoms with E-state index in [0.717, 1.165) is 25.9 Å². The number of thiocarbonyl (C=S) groups is 1. The SMILES string of the molecule is NC(=S)c1ccc(Cl)cc1NC(=O)CCC1CCCO1. The molecule has 0 radical (unpaired) electrons. The number of hydrogen-bond acceptors (Lipinski definition) is 3. The van der Waals surface area contributed by atoms with Crippen LogP contribution in [0.3, 0.4) is 0 Å². The summed E-state index contributed by atoms with van der Waals surface area (Å²) in [5.41, 5.74) is 6.81. The first-order valence-electron chi connectivity index (χ1n) is 6.57. The minimum Gasteiger partial charge on any atom is -0.389 e. The van der Waals surface area contributed by atoms with Crippen LogP contribution in [0, 0.1) is 0 Å². The number of halogens is 1. The lowest BCUT2D eigenvalue weighted by Crippen LogP contribution is -2.19. The van der Waals surface area contributed by atoms with Crippen LogP contribution in [0.2, 0.25) is 5.02 Å². The molecule has 108 valence electrons. The van der Waals surface area contributed by atoms with E-state index in [1.807, 2.05) is 0 Å². The average molecular weight is 313 g/mol. The highest BCUT2D eigenvalue weighted by atomic mass is 35.5. The van der Waals surface area contributed by atoms with E-state index in [-0.39, 0.29) is 17.0 Å². The smallest absolute Gasteiger partial charge is 0.224 e. The summed E-state index contributed by atoms with van der Waals surface area (Å²) < 4.78 is 5.49. The lowest BCUT2D eigenvalue weighted by Gasteiger charge is -2.12. The minimum atomic E-state index is -0.0831. The molecule has 1 heterocycles. The molecular formula is C14H17ClN2O2S. The molecule has 1 aromatic carbocycles. The van der Waals surface area contributed by atoms with Gasteiger partial charge in [-0.3, -0.25) is 4.79 Å². The van der Waals surface area contributed by atoms with E-state index in [1.54, 1.807) is 18.2 Å². The molecular weight excluding hydrogens is 296 g/mol. The molecule has 4 nitrogen and oxygen atoms in total. The van der Waals surface area contributed by atoms with Crippen molar-refractivity contribution >= 4 is 40.4 Å². The Balaban J connectivity index is 1.96. The van der Waals surface area contributed by atoms with Gasteiger partial charge in [-0.15, -0.1) is 0 Å². The molecule has 6 heteroatoms. The Hall–Kier alpha value is -1.17. The molecule has 2 rings (SSSR count). The topological polar surface area (TPSA) is 64.3 Å². The summed E-state index contributed by atoms with van der Waals surface area (Å²) in [6.45, 7) is 0.798. The number of carbonyl (C=O) groups is 1. The Labute approximate surface area is 128 Å². The van der Waals surface area contributed by atoms with Gasteiger partial charge in [0, 0.05) is 23.6 Å². The van der Waals surface area contributed by atoms with Gasteiger partial charge in [0.15, 0.2) is 0 Å². The summed E-state index contributed by atoms with van der Waals surface area (Å²) >= 11 is 10.9. The van der Waals surface area contributed by atoms with Crippen LogP contribution in [-0.2, 0) is 9.53 Å². The molecule has 1 saturated heterocycles. The van der Waals surface area contributed by atoms with Crippen molar-refractivity contribution in [2.75, 3.05) is 11.9 Å². The molecule has 3 N–H and O–H groups in total. The van der Waals surface area contributed by atoms with Crippen molar-refractivity contribution in [2.24, 2.45) is 5.73 Å². The molecule has 1 atom stereocenters. The molecule has 0 aliphatic carbocycles. The van der Waals surface area contributed by atoms with Crippen LogP contribution in [0.5, 0.6) is 0 Å². The summed E-state index contributed by atoms with van der Waals surface area (Å²) in [5, 5.41) is 3.34. The van der Waals surface area contributed by atoms with Crippen LogP contribution in [0.1, 0.15) is 31.2 Å². The molecule has 1 fully saturated rings. The van der Waals surface area contributed by atoms with E-state index in [0.29, 0.717) is 22.7 Å². The Kier molecular flexibility index (Phi) is 5.34. The van der Waals surface area contributed by atoms with Gasteiger partial charge < -0.3 is 15.8 Å². The van der Waals surface area contributed by atoms with Gasteiger partial charge in [0.1, 0.15) is 4.99 Å². The standard InChI is InChI=1S/C14H17ClN2O2S/c15-9-3-5-11(14(16)20)12(8-9)17-13(18)6-4-10-2-1-7-19-10/h3,5,8,10H,1-2,4,6-7H2,(H2,16,20)(H,17,18). The molecule has 0 spiro atoms. The quantitative estimate of drug-likeness (QED) is 0.821. The number of ether oxygens (including phenoxy) is 1. The first-order chi connectivity index (χ1) is 9.56. The predicted octanol–water partition coefficient (Wildman–Crippen LogP) is 2.87. The van der Waals surface area contributed by atoms with Crippen LogP contribution in [0.15, 0.2) is 18.2 Å². The summed E-state index contributed by atoms with van der Waals surface area (Å²) in [5.74, 6) is -0.0831. The molecule has 0 bridgehead atoms. The fraction of sp³-hybridized carbons (Fsp3) is 0.429. The van der Waals surface area contributed by atoms with Gasteiger partial charge in [-0.25, -0.2) is 0 Å². The van der Waals surface area contributed by atoms with E-state index in [4.69, 9.17) is 34.3 Å². The van der Waals surface area contributed by atoms with Gasteiger partial charge in [-0.2, -0.15) is 0 Å². The van der Waals surface area contributed by atoms with Gasteiger partial charge in [0.25, 0.3) is 0 Å². The third-order valence-corrected chi connectivity index (χ3v) is 3.69. The fourth-order valence-electron chi connectivity index (χ4n) is 2.21. The number of carbonyl (C=O) groups excluding carboxylic acids is 1. The van der Waals surface area contributed by atoms with E-state index in [2.05, 4.69) is 5.32 Å².